The lowest BCUT2D eigenvalue weighted by Gasteiger charge is -2.14. The minimum absolute atomic E-state index is 0.106. The first kappa shape index (κ1) is 14.2. The number of aryl methyl sites for hydroxylation is 1. The minimum atomic E-state index is 0.106. The largest absolute Gasteiger partial charge is 0.396 e. The third kappa shape index (κ3) is 5.84. The molecule has 0 aromatic carbocycles. The smallest absolute Gasteiger partial charge is 0.220 e. The Morgan fingerprint density at radius 1 is 1.59 bits per heavy atom. The maximum absolute atomic E-state index is 11.6. The first-order chi connectivity index (χ1) is 8.26. The Labute approximate surface area is 107 Å². The Bertz CT molecular complexity index is 311. The van der Waals surface area contributed by atoms with Crippen LogP contribution in [0.4, 0.5) is 0 Å². The van der Waals surface area contributed by atoms with E-state index in [0.717, 1.165) is 19.3 Å². The van der Waals surface area contributed by atoms with Gasteiger partial charge in [0.1, 0.15) is 0 Å². The van der Waals surface area contributed by atoms with Crippen molar-refractivity contribution in [2.75, 3.05) is 13.2 Å². The summed E-state index contributed by atoms with van der Waals surface area (Å²) in [6, 6.07) is 4.06. The van der Waals surface area contributed by atoms with Crippen molar-refractivity contribution in [2.45, 2.75) is 32.6 Å². The number of thiophene rings is 1. The molecule has 0 radical (unpaired) electrons. The van der Waals surface area contributed by atoms with Gasteiger partial charge in [0.2, 0.25) is 5.91 Å². The van der Waals surface area contributed by atoms with Gasteiger partial charge < -0.3 is 10.4 Å². The topological polar surface area (TPSA) is 49.3 Å². The average Bonchev–Trinajstić information content (AvgIpc) is 2.85. The monoisotopic (exact) mass is 255 g/mol. The summed E-state index contributed by atoms with van der Waals surface area (Å²) in [6.45, 7) is 2.96. The van der Waals surface area contributed by atoms with Crippen LogP contribution in [0.3, 0.4) is 0 Å². The fourth-order valence-electron chi connectivity index (χ4n) is 1.67. The van der Waals surface area contributed by atoms with E-state index in [9.17, 15) is 4.79 Å². The first-order valence-corrected chi connectivity index (χ1v) is 7.04. The molecule has 1 aromatic heterocycles. The van der Waals surface area contributed by atoms with Gasteiger partial charge in [-0.25, -0.2) is 0 Å². The fraction of sp³-hybridized carbons (Fsp3) is 0.615. The SMILES string of the molecule is CCC(CCO)CNC(=O)CCc1cccs1. The van der Waals surface area contributed by atoms with E-state index >= 15 is 0 Å². The third-order valence-corrected chi connectivity index (χ3v) is 3.82. The number of hydrogen-bond donors (Lipinski definition) is 2. The van der Waals surface area contributed by atoms with Crippen molar-refractivity contribution in [3.63, 3.8) is 0 Å². The lowest BCUT2D eigenvalue weighted by atomic mass is 10.0. The van der Waals surface area contributed by atoms with Crippen LogP contribution in [0.5, 0.6) is 0 Å². The summed E-state index contributed by atoms with van der Waals surface area (Å²) in [5.41, 5.74) is 0. The van der Waals surface area contributed by atoms with Crippen molar-refractivity contribution in [2.24, 2.45) is 5.92 Å². The highest BCUT2D eigenvalue weighted by Gasteiger charge is 2.08. The molecule has 1 aromatic rings. The van der Waals surface area contributed by atoms with Gasteiger partial charge in [-0.15, -0.1) is 11.3 Å². The number of carbonyl (C=O) groups is 1. The highest BCUT2D eigenvalue weighted by atomic mass is 32.1. The summed E-state index contributed by atoms with van der Waals surface area (Å²) in [6.07, 6.45) is 3.13. The molecule has 0 aliphatic carbocycles. The molecule has 0 aliphatic rings. The molecule has 0 bridgehead atoms. The van der Waals surface area contributed by atoms with Gasteiger partial charge in [-0.1, -0.05) is 19.4 Å². The van der Waals surface area contributed by atoms with Crippen LogP contribution in [0, 0.1) is 5.92 Å². The molecule has 1 unspecified atom stereocenters. The molecule has 1 atom stereocenters. The van der Waals surface area contributed by atoms with Crippen molar-refractivity contribution in [1.29, 1.82) is 0 Å². The number of carbonyl (C=O) groups excluding carboxylic acids is 1. The Hall–Kier alpha value is -0.870. The van der Waals surface area contributed by atoms with E-state index < -0.39 is 0 Å². The van der Waals surface area contributed by atoms with Crippen LogP contribution in [0.2, 0.25) is 0 Å². The van der Waals surface area contributed by atoms with Crippen LogP contribution < -0.4 is 5.32 Å². The number of aliphatic hydroxyl groups excluding tert-OH is 1. The van der Waals surface area contributed by atoms with E-state index in [-0.39, 0.29) is 12.5 Å². The fourth-order valence-corrected chi connectivity index (χ4v) is 2.38. The second-order valence-electron chi connectivity index (χ2n) is 4.17. The van der Waals surface area contributed by atoms with Crippen molar-refractivity contribution in [3.05, 3.63) is 22.4 Å². The van der Waals surface area contributed by atoms with Crippen LogP contribution in [-0.4, -0.2) is 24.2 Å². The van der Waals surface area contributed by atoms with Gasteiger partial charge in [-0.05, 0) is 30.2 Å². The van der Waals surface area contributed by atoms with Crippen LogP contribution in [0.15, 0.2) is 17.5 Å². The van der Waals surface area contributed by atoms with Crippen LogP contribution >= 0.6 is 11.3 Å². The van der Waals surface area contributed by atoms with E-state index in [0.29, 0.717) is 18.9 Å². The molecule has 0 spiro atoms. The normalized spacial score (nSPS) is 12.4. The van der Waals surface area contributed by atoms with E-state index in [1.807, 2.05) is 11.4 Å². The zero-order valence-corrected chi connectivity index (χ0v) is 11.1. The molecule has 1 rings (SSSR count). The first-order valence-electron chi connectivity index (χ1n) is 6.16. The van der Waals surface area contributed by atoms with Gasteiger partial charge in [-0.2, -0.15) is 0 Å². The number of aliphatic hydroxyl groups is 1. The molecule has 1 heterocycles. The standard InChI is InChI=1S/C13H21NO2S/c1-2-11(7-8-15)10-14-13(16)6-5-12-4-3-9-17-12/h3-4,9,11,15H,2,5-8,10H2,1H3,(H,14,16). The van der Waals surface area contributed by atoms with E-state index in [4.69, 9.17) is 5.11 Å². The molecular formula is C13H21NO2S. The third-order valence-electron chi connectivity index (χ3n) is 2.88. The maximum Gasteiger partial charge on any atom is 0.220 e. The Morgan fingerprint density at radius 3 is 3.00 bits per heavy atom. The van der Waals surface area contributed by atoms with Crippen molar-refractivity contribution < 1.29 is 9.90 Å². The van der Waals surface area contributed by atoms with Gasteiger partial charge in [0, 0.05) is 24.4 Å². The molecule has 2 N–H and O–H groups in total. The highest BCUT2D eigenvalue weighted by Crippen LogP contribution is 2.11. The summed E-state index contributed by atoms with van der Waals surface area (Å²) < 4.78 is 0. The molecular weight excluding hydrogens is 234 g/mol. The van der Waals surface area contributed by atoms with Crippen LogP contribution in [0.25, 0.3) is 0 Å². The molecule has 0 fully saturated rings. The summed E-state index contributed by atoms with van der Waals surface area (Å²) in [5.74, 6) is 0.500. The molecule has 96 valence electrons. The molecule has 3 nitrogen and oxygen atoms in total. The van der Waals surface area contributed by atoms with Crippen molar-refractivity contribution in [3.8, 4) is 0 Å². The Kier molecular flexibility index (Phi) is 6.89. The predicted molar refractivity (Wildman–Crippen MR) is 71.1 cm³/mol. The van der Waals surface area contributed by atoms with Gasteiger partial charge >= 0.3 is 0 Å². The molecule has 0 saturated carbocycles. The molecule has 1 amide bonds. The number of rotatable bonds is 8. The van der Waals surface area contributed by atoms with E-state index in [1.54, 1.807) is 11.3 Å². The van der Waals surface area contributed by atoms with Gasteiger partial charge in [0.25, 0.3) is 0 Å². The van der Waals surface area contributed by atoms with Crippen LogP contribution in [0.1, 0.15) is 31.1 Å². The molecule has 17 heavy (non-hydrogen) atoms. The zero-order chi connectivity index (χ0) is 12.5. The number of amides is 1. The second kappa shape index (κ2) is 8.25. The summed E-state index contributed by atoms with van der Waals surface area (Å²) in [7, 11) is 0. The van der Waals surface area contributed by atoms with Gasteiger partial charge in [0.05, 0.1) is 0 Å². The summed E-state index contributed by atoms with van der Waals surface area (Å²) in [5, 5.41) is 13.8. The Morgan fingerprint density at radius 2 is 2.41 bits per heavy atom. The van der Waals surface area contributed by atoms with Gasteiger partial charge in [0.15, 0.2) is 0 Å². The quantitative estimate of drug-likeness (QED) is 0.748. The molecule has 0 saturated heterocycles. The molecule has 4 heteroatoms. The lowest BCUT2D eigenvalue weighted by molar-refractivity contribution is -0.121. The maximum atomic E-state index is 11.6. The average molecular weight is 255 g/mol. The number of hydrogen-bond acceptors (Lipinski definition) is 3. The zero-order valence-electron chi connectivity index (χ0n) is 10.3. The highest BCUT2D eigenvalue weighted by molar-refractivity contribution is 7.09. The summed E-state index contributed by atoms with van der Waals surface area (Å²) >= 11 is 1.69. The second-order valence-corrected chi connectivity index (χ2v) is 5.20. The minimum Gasteiger partial charge on any atom is -0.396 e. The van der Waals surface area contributed by atoms with E-state index in [2.05, 4.69) is 18.3 Å². The molecule has 0 aliphatic heterocycles. The van der Waals surface area contributed by atoms with Crippen molar-refractivity contribution >= 4 is 17.2 Å². The Balaban J connectivity index is 2.16. The van der Waals surface area contributed by atoms with Gasteiger partial charge in [-0.3, -0.25) is 4.79 Å². The lowest BCUT2D eigenvalue weighted by Crippen LogP contribution is -2.29. The van der Waals surface area contributed by atoms with Crippen LogP contribution in [-0.2, 0) is 11.2 Å². The predicted octanol–water partition coefficient (Wildman–Crippen LogP) is 2.21. The van der Waals surface area contributed by atoms with Crippen molar-refractivity contribution in [1.82, 2.24) is 5.32 Å². The van der Waals surface area contributed by atoms with E-state index in [1.165, 1.54) is 4.88 Å². The number of nitrogens with one attached hydrogen (secondary N) is 1. The summed E-state index contributed by atoms with van der Waals surface area (Å²) in [4.78, 5) is 12.8.